The van der Waals surface area contributed by atoms with Crippen LogP contribution < -0.4 is 4.74 Å². The van der Waals surface area contributed by atoms with Crippen LogP contribution >= 0.6 is 0 Å². The molecule has 2 aromatic carbocycles. The summed E-state index contributed by atoms with van der Waals surface area (Å²) in [5, 5.41) is 28.3. The van der Waals surface area contributed by atoms with Crippen LogP contribution in [0.3, 0.4) is 0 Å². The molecule has 0 bridgehead atoms. The number of methoxy groups -OCH3 is 1. The van der Waals surface area contributed by atoms with Crippen LogP contribution in [0.25, 0.3) is 0 Å². The van der Waals surface area contributed by atoms with Crippen LogP contribution in [0.2, 0.25) is 0 Å². The van der Waals surface area contributed by atoms with Gasteiger partial charge in [0, 0.05) is 11.1 Å². The van der Waals surface area contributed by atoms with Gasteiger partial charge in [-0.3, -0.25) is 0 Å². The van der Waals surface area contributed by atoms with Gasteiger partial charge in [0.05, 0.1) is 7.11 Å². The average molecular weight is 256 g/mol. The molecule has 4 nitrogen and oxygen atoms in total. The van der Waals surface area contributed by atoms with Crippen molar-refractivity contribution in [1.29, 1.82) is 0 Å². The lowest BCUT2D eigenvalue weighted by atomic mass is 10.1. The molecule has 4 heteroatoms. The largest absolute Gasteiger partial charge is 0.508 e. The molecule has 2 rings (SSSR count). The Bertz CT molecular complexity index is 666. The number of ether oxygens (including phenoxy) is 1. The summed E-state index contributed by atoms with van der Waals surface area (Å²) in [7, 11) is 1.39. The summed E-state index contributed by atoms with van der Waals surface area (Å²) in [6.45, 7) is 0. The number of hydrogen-bond acceptors (Lipinski definition) is 4. The van der Waals surface area contributed by atoms with E-state index in [1.165, 1.54) is 25.3 Å². The van der Waals surface area contributed by atoms with Crippen molar-refractivity contribution in [2.75, 3.05) is 7.11 Å². The van der Waals surface area contributed by atoms with E-state index in [-0.39, 0.29) is 23.0 Å². The minimum Gasteiger partial charge on any atom is -0.508 e. The molecule has 0 spiro atoms. The van der Waals surface area contributed by atoms with Gasteiger partial charge in [-0.15, -0.1) is 0 Å². The summed E-state index contributed by atoms with van der Waals surface area (Å²) in [5.74, 6) is 5.34. The van der Waals surface area contributed by atoms with Gasteiger partial charge in [-0.2, -0.15) is 0 Å². The molecule has 0 saturated carbocycles. The minimum atomic E-state index is -0.314. The molecule has 3 N–H and O–H groups in total. The zero-order valence-electron chi connectivity index (χ0n) is 10.2. The van der Waals surface area contributed by atoms with Crippen LogP contribution in [0.15, 0.2) is 36.4 Å². The summed E-state index contributed by atoms with van der Waals surface area (Å²) < 4.78 is 4.92. The second-order valence-corrected chi connectivity index (χ2v) is 3.85. The van der Waals surface area contributed by atoms with E-state index in [1.807, 2.05) is 0 Å². The van der Waals surface area contributed by atoms with Gasteiger partial charge in [-0.1, -0.05) is 17.9 Å². The molecule has 0 fully saturated rings. The van der Waals surface area contributed by atoms with Crippen molar-refractivity contribution in [1.82, 2.24) is 0 Å². The third kappa shape index (κ3) is 2.90. The maximum atomic E-state index is 9.52. The van der Waals surface area contributed by atoms with Gasteiger partial charge in [-0.25, -0.2) is 0 Å². The quantitative estimate of drug-likeness (QED) is 0.540. The molecule has 0 radical (unpaired) electrons. The van der Waals surface area contributed by atoms with Crippen LogP contribution in [0.5, 0.6) is 23.0 Å². The van der Waals surface area contributed by atoms with Crippen LogP contribution in [-0.2, 0) is 0 Å². The first kappa shape index (κ1) is 12.7. The molecule has 0 amide bonds. The average Bonchev–Trinajstić information content (AvgIpc) is 2.40. The molecule has 0 unspecified atom stereocenters. The second kappa shape index (κ2) is 5.23. The first-order valence-corrected chi connectivity index (χ1v) is 5.51. The van der Waals surface area contributed by atoms with Crippen LogP contribution in [0, 0.1) is 11.8 Å². The van der Waals surface area contributed by atoms with Gasteiger partial charge in [0.1, 0.15) is 5.75 Å². The van der Waals surface area contributed by atoms with Gasteiger partial charge < -0.3 is 20.1 Å². The molecular formula is C15H12O4. The lowest BCUT2D eigenvalue weighted by Gasteiger charge is -2.05. The maximum absolute atomic E-state index is 9.52. The highest BCUT2D eigenvalue weighted by atomic mass is 16.5. The molecule has 19 heavy (non-hydrogen) atoms. The highest BCUT2D eigenvalue weighted by molar-refractivity contribution is 5.56. The van der Waals surface area contributed by atoms with Crippen molar-refractivity contribution in [3.63, 3.8) is 0 Å². The van der Waals surface area contributed by atoms with Gasteiger partial charge in [0.25, 0.3) is 0 Å². The predicted octanol–water partition coefficient (Wildman–Crippen LogP) is 2.21. The smallest absolute Gasteiger partial charge is 0.200 e. The predicted molar refractivity (Wildman–Crippen MR) is 70.4 cm³/mol. The monoisotopic (exact) mass is 256 g/mol. The summed E-state index contributed by atoms with van der Waals surface area (Å²) in [6, 6.07) is 9.39. The third-order valence-electron chi connectivity index (χ3n) is 2.47. The Labute approximate surface area is 110 Å². The zero-order chi connectivity index (χ0) is 13.8. The highest BCUT2D eigenvalue weighted by Crippen LogP contribution is 2.35. The van der Waals surface area contributed by atoms with Crippen molar-refractivity contribution in [2.45, 2.75) is 0 Å². The summed E-state index contributed by atoms with van der Waals surface area (Å²) in [6.07, 6.45) is 0. The molecule has 0 atom stereocenters. The third-order valence-corrected chi connectivity index (χ3v) is 2.47. The Morgan fingerprint density at radius 3 is 2.37 bits per heavy atom. The molecule has 0 heterocycles. The van der Waals surface area contributed by atoms with Crippen molar-refractivity contribution in [3.05, 3.63) is 47.5 Å². The Kier molecular flexibility index (Phi) is 3.48. The number of phenolic OH excluding ortho intramolecular Hbond substituents is 3. The van der Waals surface area contributed by atoms with E-state index >= 15 is 0 Å². The second-order valence-electron chi connectivity index (χ2n) is 3.85. The highest BCUT2D eigenvalue weighted by Gasteiger charge is 2.08. The van der Waals surface area contributed by atoms with Crippen LogP contribution in [0.1, 0.15) is 11.1 Å². The fourth-order valence-corrected chi connectivity index (χ4v) is 1.55. The molecule has 0 aliphatic heterocycles. The maximum Gasteiger partial charge on any atom is 0.200 e. The van der Waals surface area contributed by atoms with Gasteiger partial charge in [-0.05, 0) is 30.3 Å². The van der Waals surface area contributed by atoms with E-state index in [0.29, 0.717) is 11.1 Å². The molecule has 0 saturated heterocycles. The van der Waals surface area contributed by atoms with Gasteiger partial charge >= 0.3 is 0 Å². The summed E-state index contributed by atoms with van der Waals surface area (Å²) in [5.41, 5.74) is 1.14. The molecular weight excluding hydrogens is 244 g/mol. The summed E-state index contributed by atoms with van der Waals surface area (Å²) >= 11 is 0. The van der Waals surface area contributed by atoms with Crippen molar-refractivity contribution < 1.29 is 20.1 Å². The SMILES string of the molecule is COc1cc(C#Cc2cccc(O)c2)cc(O)c1O. The first-order chi connectivity index (χ1) is 9.10. The first-order valence-electron chi connectivity index (χ1n) is 5.51. The molecule has 0 aromatic heterocycles. The minimum absolute atomic E-state index is 0.137. The van der Waals surface area contributed by atoms with E-state index in [1.54, 1.807) is 18.2 Å². The van der Waals surface area contributed by atoms with E-state index < -0.39 is 0 Å². The number of rotatable bonds is 1. The zero-order valence-corrected chi connectivity index (χ0v) is 10.2. The Hall–Kier alpha value is -2.80. The van der Waals surface area contributed by atoms with Crippen LogP contribution in [0.4, 0.5) is 0 Å². The van der Waals surface area contributed by atoms with Crippen molar-refractivity contribution in [2.24, 2.45) is 0 Å². The number of aromatic hydroxyl groups is 3. The fraction of sp³-hybridized carbons (Fsp3) is 0.0667. The fourth-order valence-electron chi connectivity index (χ4n) is 1.55. The molecule has 2 aromatic rings. The van der Waals surface area contributed by atoms with Gasteiger partial charge in [0.2, 0.25) is 5.75 Å². The van der Waals surface area contributed by atoms with E-state index in [9.17, 15) is 15.3 Å². The normalized spacial score (nSPS) is 9.53. The number of hydrogen-bond donors (Lipinski definition) is 3. The lowest BCUT2D eigenvalue weighted by molar-refractivity contribution is 0.351. The van der Waals surface area contributed by atoms with Crippen LogP contribution in [-0.4, -0.2) is 22.4 Å². The molecule has 0 aliphatic carbocycles. The Morgan fingerprint density at radius 2 is 1.68 bits per heavy atom. The van der Waals surface area contributed by atoms with E-state index in [4.69, 9.17) is 4.74 Å². The Morgan fingerprint density at radius 1 is 0.947 bits per heavy atom. The standard InChI is InChI=1S/C15H12O4/c1-19-14-9-11(8-13(17)15(14)18)6-5-10-3-2-4-12(16)7-10/h2-4,7-9,16-18H,1H3. The lowest BCUT2D eigenvalue weighted by Crippen LogP contribution is -1.86. The molecule has 96 valence electrons. The molecule has 0 aliphatic rings. The number of benzene rings is 2. The van der Waals surface area contributed by atoms with E-state index in [2.05, 4.69) is 11.8 Å². The van der Waals surface area contributed by atoms with Crippen molar-refractivity contribution in [3.8, 4) is 34.8 Å². The Balaban J connectivity index is 2.37. The topological polar surface area (TPSA) is 69.9 Å². The van der Waals surface area contributed by atoms with E-state index in [0.717, 1.165) is 0 Å². The summed E-state index contributed by atoms with van der Waals surface area (Å²) in [4.78, 5) is 0. The number of phenols is 3. The van der Waals surface area contributed by atoms with Crippen molar-refractivity contribution >= 4 is 0 Å². The van der Waals surface area contributed by atoms with Gasteiger partial charge in [0.15, 0.2) is 11.5 Å².